The van der Waals surface area contributed by atoms with Crippen molar-refractivity contribution in [3.63, 3.8) is 0 Å². The molecule has 0 heterocycles. The number of hydrogen-bond donors (Lipinski definition) is 1. The second kappa shape index (κ2) is 39.3. The van der Waals surface area contributed by atoms with Gasteiger partial charge in [0.05, 0.1) is 0 Å². The van der Waals surface area contributed by atoms with Crippen molar-refractivity contribution in [3.05, 3.63) is 0 Å². The SMILES string of the molecule is Cl.N.[Cl-].[Cl][K].[Na+]. The van der Waals surface area contributed by atoms with Crippen LogP contribution in [-0.2, 0) is 0 Å². The van der Waals surface area contributed by atoms with Crippen LogP contribution in [0.2, 0.25) is 0 Å². The molecule has 3 N–H and O–H groups in total. The van der Waals surface area contributed by atoms with Crippen LogP contribution in [0.4, 0.5) is 0 Å². The van der Waals surface area contributed by atoms with E-state index in [0.29, 0.717) is 47.1 Å². The maximum absolute atomic E-state index is 4.83. The van der Waals surface area contributed by atoms with Crippen LogP contribution in [0.5, 0.6) is 0 Å². The van der Waals surface area contributed by atoms with E-state index in [4.69, 9.17) is 3.76 Å². The normalized spacial score (nSPS) is 1.17. The van der Waals surface area contributed by atoms with Crippen LogP contribution in [0.1, 0.15) is 0 Å². The fraction of sp³-hybridized carbons (Fsp3) is 0. The molecule has 32 valence electrons. The van der Waals surface area contributed by atoms with Crippen molar-refractivity contribution in [2.24, 2.45) is 0 Å². The summed E-state index contributed by atoms with van der Waals surface area (Å²) in [5.74, 6) is 0. The molecule has 0 spiro atoms. The summed E-state index contributed by atoms with van der Waals surface area (Å²) in [6, 6.07) is 0. The minimum atomic E-state index is 0. The van der Waals surface area contributed by atoms with Crippen molar-refractivity contribution in [1.29, 1.82) is 0 Å². The van der Waals surface area contributed by atoms with E-state index >= 15 is 0 Å². The smallest absolute Gasteiger partial charge is 1.00 e. The van der Waals surface area contributed by atoms with E-state index in [-0.39, 0.29) is 60.5 Å². The molecule has 0 saturated carbocycles. The fourth-order valence-corrected chi connectivity index (χ4v) is 0. The molecule has 0 fully saturated rings. The van der Waals surface area contributed by atoms with E-state index in [1.807, 2.05) is 0 Å². The summed E-state index contributed by atoms with van der Waals surface area (Å²) in [5, 5.41) is 0. The van der Waals surface area contributed by atoms with Crippen LogP contribution in [0.3, 0.4) is 0 Å². The molecule has 0 saturated heterocycles. The standard InChI is InChI=1S/3ClH.K.H3N.Na/h3*1H;;1H3;/q;;;+1;;+1/p-2. The van der Waals surface area contributed by atoms with Crippen LogP contribution in [0.25, 0.3) is 0 Å². The summed E-state index contributed by atoms with van der Waals surface area (Å²) >= 11 is 0.535. The summed E-state index contributed by atoms with van der Waals surface area (Å²) in [4.78, 5) is 0. The number of hydrogen-bond acceptors (Lipinski definition) is 1. The Kier molecular flexibility index (Phi) is 223. The first-order chi connectivity index (χ1) is 1.00. The maximum Gasteiger partial charge on any atom is 1.00 e. The molecular formula is H4Cl3KNNa. The predicted octanol–water partition coefficient (Wildman–Crippen LogP) is -5.10. The molecule has 0 rings (SSSR count). The van der Waals surface area contributed by atoms with Crippen LogP contribution >= 0.6 is 16.2 Å². The molecule has 0 atom stereocenters. The summed E-state index contributed by atoms with van der Waals surface area (Å²) in [6.07, 6.45) is 0. The Labute approximate surface area is 108 Å². The van der Waals surface area contributed by atoms with Gasteiger partial charge in [0.15, 0.2) is 0 Å². The third-order valence-corrected chi connectivity index (χ3v) is 0. The molecule has 0 radical (unpaired) electrons. The number of halogens is 3. The van der Waals surface area contributed by atoms with E-state index in [2.05, 4.69) is 0 Å². The summed E-state index contributed by atoms with van der Waals surface area (Å²) in [5.41, 5.74) is 0. The zero-order chi connectivity index (χ0) is 2.00. The molecule has 0 unspecified atom stereocenters. The quantitative estimate of drug-likeness (QED) is 0.378. The van der Waals surface area contributed by atoms with Crippen LogP contribution in [-0.4, -0.2) is 47.1 Å². The predicted molar refractivity (Wildman–Crippen MR) is 23.9 cm³/mol. The van der Waals surface area contributed by atoms with Crippen LogP contribution in [0, 0.1) is 0 Å². The third kappa shape index (κ3) is 26.0. The van der Waals surface area contributed by atoms with Gasteiger partial charge in [0.2, 0.25) is 0 Å². The second-order valence-electron chi connectivity index (χ2n) is 0. The van der Waals surface area contributed by atoms with Crippen molar-refractivity contribution in [2.75, 3.05) is 0 Å². The van der Waals surface area contributed by atoms with Gasteiger partial charge in [-0.3, -0.25) is 0 Å². The van der Waals surface area contributed by atoms with Crippen molar-refractivity contribution >= 4 is 63.3 Å². The Hall–Kier alpha value is 3.47. The van der Waals surface area contributed by atoms with E-state index in [1.54, 1.807) is 0 Å². The molecule has 0 aliphatic heterocycles. The van der Waals surface area contributed by atoms with E-state index in [0.717, 1.165) is 0 Å². The zero-order valence-corrected chi connectivity index (χ0v) is 11.3. The van der Waals surface area contributed by atoms with Gasteiger partial charge in [0.1, 0.15) is 0 Å². The second-order valence-corrected chi connectivity index (χ2v) is 0. The van der Waals surface area contributed by atoms with Gasteiger partial charge < -0.3 is 18.6 Å². The van der Waals surface area contributed by atoms with E-state index in [1.165, 1.54) is 0 Å². The summed E-state index contributed by atoms with van der Waals surface area (Å²) in [7, 11) is 0. The summed E-state index contributed by atoms with van der Waals surface area (Å²) < 4.78 is 4.83. The largest absolute Gasteiger partial charge is 1.00 e. The van der Waals surface area contributed by atoms with Gasteiger partial charge in [-0.05, 0) is 0 Å². The van der Waals surface area contributed by atoms with E-state index < -0.39 is 0 Å². The van der Waals surface area contributed by atoms with Crippen molar-refractivity contribution in [1.82, 2.24) is 6.15 Å². The molecule has 6 heavy (non-hydrogen) atoms. The first-order valence-electron chi connectivity index (χ1n) is 0.378. The van der Waals surface area contributed by atoms with E-state index in [9.17, 15) is 0 Å². The van der Waals surface area contributed by atoms with Gasteiger partial charge >= 0.3 is 80.5 Å². The maximum atomic E-state index is 4.83. The van der Waals surface area contributed by atoms with Gasteiger partial charge in [-0.15, -0.1) is 12.4 Å². The molecule has 0 aromatic rings. The van der Waals surface area contributed by atoms with Crippen molar-refractivity contribution < 1.29 is 42.0 Å². The van der Waals surface area contributed by atoms with Gasteiger partial charge in [-0.2, -0.15) is 0 Å². The van der Waals surface area contributed by atoms with Gasteiger partial charge in [0, 0.05) is 0 Å². The zero-order valence-electron chi connectivity index (χ0n) is 3.87. The molecule has 6 heteroatoms. The topological polar surface area (TPSA) is 35.0 Å². The van der Waals surface area contributed by atoms with Crippen LogP contribution < -0.4 is 48.1 Å². The minimum absolute atomic E-state index is 0. The summed E-state index contributed by atoms with van der Waals surface area (Å²) in [6.45, 7) is 0. The van der Waals surface area contributed by atoms with Gasteiger partial charge in [-0.1, -0.05) is 0 Å². The molecule has 0 aromatic heterocycles. The Balaban J connectivity index is -0.000000000833. The monoisotopic (exact) mass is 185 g/mol. The third-order valence-electron chi connectivity index (χ3n) is 0. The first-order valence-corrected chi connectivity index (χ1v) is 4.68. The Morgan fingerprint density at radius 1 is 1.17 bits per heavy atom. The van der Waals surface area contributed by atoms with Gasteiger partial charge in [0.25, 0.3) is 0 Å². The molecular weight excluding hydrogens is 182 g/mol. The molecule has 0 aliphatic rings. The van der Waals surface area contributed by atoms with Crippen LogP contribution in [0.15, 0.2) is 0 Å². The first kappa shape index (κ1) is 34.0. The molecule has 0 bridgehead atoms. The number of rotatable bonds is 0. The minimum Gasteiger partial charge on any atom is 1.00 e. The average Bonchev–Trinajstić information content (AvgIpc) is 1.00. The molecule has 0 aromatic carbocycles. The molecule has 0 amide bonds. The Morgan fingerprint density at radius 2 is 1.17 bits per heavy atom. The van der Waals surface area contributed by atoms with Gasteiger partial charge in [-0.25, -0.2) is 0 Å². The van der Waals surface area contributed by atoms with Crippen molar-refractivity contribution in [3.8, 4) is 0 Å². The molecule has 0 aliphatic carbocycles. The molecule has 1 nitrogen and oxygen atoms in total. The van der Waals surface area contributed by atoms with Crippen molar-refractivity contribution in [2.45, 2.75) is 0 Å². The fourth-order valence-electron chi connectivity index (χ4n) is 0. The Morgan fingerprint density at radius 3 is 1.17 bits per heavy atom. The average molecular weight is 186 g/mol. The Bertz CT molecular complexity index is 10.8.